The fourth-order valence-corrected chi connectivity index (χ4v) is 3.00. The lowest BCUT2D eigenvalue weighted by molar-refractivity contribution is -0.385. The summed E-state index contributed by atoms with van der Waals surface area (Å²) in [6.07, 6.45) is 0. The van der Waals surface area contributed by atoms with E-state index in [1.54, 1.807) is 24.3 Å². The highest BCUT2D eigenvalue weighted by atomic mass is 35.5. The van der Waals surface area contributed by atoms with Crippen molar-refractivity contribution in [3.8, 4) is 0 Å². The van der Waals surface area contributed by atoms with Crippen LogP contribution in [0.1, 0.15) is 0 Å². The van der Waals surface area contributed by atoms with Gasteiger partial charge in [-0.3, -0.25) is 10.1 Å². The van der Waals surface area contributed by atoms with Gasteiger partial charge in [0.05, 0.1) is 16.0 Å². The van der Waals surface area contributed by atoms with Crippen LogP contribution in [0.15, 0.2) is 52.3 Å². The summed E-state index contributed by atoms with van der Waals surface area (Å²) in [7, 11) is 0. The molecule has 2 aromatic rings. The molecule has 0 saturated carbocycles. The number of nitrogens with zero attached hydrogens (tertiary/aromatic N) is 1. The summed E-state index contributed by atoms with van der Waals surface area (Å²) in [4.78, 5) is 10.8. The maximum atomic E-state index is 12.3. The van der Waals surface area contributed by atoms with Gasteiger partial charge in [0.2, 0.25) is 0 Å². The lowest BCUT2D eigenvalue weighted by Crippen LogP contribution is -2.03. The van der Waals surface area contributed by atoms with E-state index in [0.29, 0.717) is 9.92 Å². The third-order valence-electron chi connectivity index (χ3n) is 2.35. The minimum Gasteiger partial charge on any atom is -0.606 e. The lowest BCUT2D eigenvalue weighted by Gasteiger charge is -2.10. The highest BCUT2D eigenvalue weighted by molar-refractivity contribution is 7.91. The van der Waals surface area contributed by atoms with Gasteiger partial charge in [0.15, 0.2) is 9.79 Å². The third kappa shape index (κ3) is 3.19. The Morgan fingerprint density at radius 3 is 2.26 bits per heavy atom. The van der Waals surface area contributed by atoms with Crippen LogP contribution in [0.25, 0.3) is 0 Å². The van der Waals surface area contributed by atoms with Crippen molar-refractivity contribution in [2.75, 3.05) is 0 Å². The number of benzene rings is 2. The van der Waals surface area contributed by atoms with Gasteiger partial charge in [0.25, 0.3) is 5.69 Å². The minimum absolute atomic E-state index is 0.151. The van der Waals surface area contributed by atoms with Crippen molar-refractivity contribution < 1.29 is 9.48 Å². The molecule has 0 fully saturated rings. The zero-order valence-electron chi connectivity index (χ0n) is 9.38. The van der Waals surface area contributed by atoms with Crippen molar-refractivity contribution in [2.45, 2.75) is 9.79 Å². The van der Waals surface area contributed by atoms with Crippen molar-refractivity contribution in [3.05, 3.63) is 62.6 Å². The van der Waals surface area contributed by atoms with Crippen LogP contribution in [0.3, 0.4) is 0 Å². The first-order valence-corrected chi connectivity index (χ1v) is 7.01. The number of nitro groups is 1. The molecule has 7 heteroatoms. The van der Waals surface area contributed by atoms with Crippen LogP contribution in [0.5, 0.6) is 0 Å². The zero-order valence-corrected chi connectivity index (χ0v) is 11.7. The average Bonchev–Trinajstić information content (AvgIpc) is 2.39. The maximum Gasteiger partial charge on any atom is 0.274 e. The second kappa shape index (κ2) is 5.79. The molecule has 19 heavy (non-hydrogen) atoms. The van der Waals surface area contributed by atoms with Crippen molar-refractivity contribution >= 4 is 40.1 Å². The zero-order chi connectivity index (χ0) is 14.0. The van der Waals surface area contributed by atoms with Gasteiger partial charge in [-0.25, -0.2) is 0 Å². The second-order valence-electron chi connectivity index (χ2n) is 3.59. The maximum absolute atomic E-state index is 12.3. The van der Waals surface area contributed by atoms with E-state index >= 15 is 0 Å². The number of non-ortho nitro benzene ring substituents is 1. The van der Waals surface area contributed by atoms with Gasteiger partial charge in [-0.1, -0.05) is 23.2 Å². The van der Waals surface area contributed by atoms with Crippen LogP contribution in [-0.4, -0.2) is 9.48 Å². The van der Waals surface area contributed by atoms with E-state index in [1.807, 2.05) is 0 Å². The van der Waals surface area contributed by atoms with Gasteiger partial charge >= 0.3 is 0 Å². The Morgan fingerprint density at radius 1 is 1.05 bits per heavy atom. The highest BCUT2D eigenvalue weighted by Crippen LogP contribution is 2.31. The lowest BCUT2D eigenvalue weighted by atomic mass is 10.3. The van der Waals surface area contributed by atoms with E-state index in [-0.39, 0.29) is 15.6 Å². The quantitative estimate of drug-likeness (QED) is 0.487. The smallest absolute Gasteiger partial charge is 0.274 e. The van der Waals surface area contributed by atoms with Gasteiger partial charge in [-0.2, -0.15) is 0 Å². The van der Waals surface area contributed by atoms with Crippen LogP contribution in [0.2, 0.25) is 10.0 Å². The molecule has 0 aromatic heterocycles. The standard InChI is InChI=1S/C12H7Cl2NO3S/c13-8-1-4-10(5-2-8)19(18)12-7-9(15(16)17)3-6-11(12)14/h1-7H. The van der Waals surface area contributed by atoms with E-state index in [2.05, 4.69) is 0 Å². The first-order valence-electron chi connectivity index (χ1n) is 5.10. The first-order chi connectivity index (χ1) is 8.99. The molecule has 0 aliphatic heterocycles. The summed E-state index contributed by atoms with van der Waals surface area (Å²) in [5.74, 6) is 0. The Morgan fingerprint density at radius 2 is 1.68 bits per heavy atom. The van der Waals surface area contributed by atoms with E-state index in [0.717, 1.165) is 0 Å². The molecule has 0 spiro atoms. The molecule has 98 valence electrons. The molecule has 0 saturated heterocycles. The number of hydrogen-bond donors (Lipinski definition) is 0. The first kappa shape index (κ1) is 14.1. The molecular weight excluding hydrogens is 309 g/mol. The number of hydrogen-bond acceptors (Lipinski definition) is 3. The largest absolute Gasteiger partial charge is 0.606 e. The summed E-state index contributed by atoms with van der Waals surface area (Å²) >= 11 is 10.1. The summed E-state index contributed by atoms with van der Waals surface area (Å²) < 4.78 is 12.3. The normalized spacial score (nSPS) is 12.2. The Bertz CT molecular complexity index is 619. The van der Waals surface area contributed by atoms with Crippen molar-refractivity contribution in [3.63, 3.8) is 0 Å². The Hall–Kier alpha value is -1.27. The third-order valence-corrected chi connectivity index (χ3v) is 4.48. The molecule has 0 amide bonds. The molecule has 0 aliphatic rings. The monoisotopic (exact) mass is 315 g/mol. The predicted octanol–water partition coefficient (Wildman–Crippen LogP) is 4.07. The molecule has 1 unspecified atom stereocenters. The Labute approximate surface area is 122 Å². The molecule has 2 aromatic carbocycles. The molecule has 1 atom stereocenters. The number of halogens is 2. The summed E-state index contributed by atoms with van der Waals surface area (Å²) in [5, 5.41) is 11.5. The van der Waals surface area contributed by atoms with Crippen molar-refractivity contribution in [1.82, 2.24) is 0 Å². The van der Waals surface area contributed by atoms with Gasteiger partial charge in [-0.05, 0) is 30.3 Å². The van der Waals surface area contributed by atoms with E-state index < -0.39 is 16.1 Å². The van der Waals surface area contributed by atoms with Gasteiger partial charge in [0.1, 0.15) is 0 Å². The van der Waals surface area contributed by atoms with Crippen molar-refractivity contribution in [2.24, 2.45) is 0 Å². The number of rotatable bonds is 3. The molecule has 0 radical (unpaired) electrons. The van der Waals surface area contributed by atoms with Crippen LogP contribution in [0.4, 0.5) is 5.69 Å². The van der Waals surface area contributed by atoms with Crippen molar-refractivity contribution in [1.29, 1.82) is 0 Å². The molecular formula is C12H7Cl2NO3S. The molecule has 4 nitrogen and oxygen atoms in total. The molecule has 2 rings (SSSR count). The van der Waals surface area contributed by atoms with Gasteiger partial charge in [-0.15, -0.1) is 0 Å². The predicted molar refractivity (Wildman–Crippen MR) is 74.2 cm³/mol. The average molecular weight is 316 g/mol. The van der Waals surface area contributed by atoms with Crippen LogP contribution < -0.4 is 0 Å². The van der Waals surface area contributed by atoms with Crippen LogP contribution in [0, 0.1) is 10.1 Å². The second-order valence-corrected chi connectivity index (χ2v) is 5.89. The van der Waals surface area contributed by atoms with Crippen LogP contribution in [-0.2, 0) is 11.2 Å². The summed E-state index contributed by atoms with van der Waals surface area (Å²) in [6.45, 7) is 0. The van der Waals surface area contributed by atoms with Gasteiger partial charge < -0.3 is 4.55 Å². The summed E-state index contributed by atoms with van der Waals surface area (Å²) in [5.41, 5.74) is -0.151. The minimum atomic E-state index is -1.59. The fraction of sp³-hybridized carbons (Fsp3) is 0. The highest BCUT2D eigenvalue weighted by Gasteiger charge is 2.22. The van der Waals surface area contributed by atoms with Gasteiger partial charge in [0, 0.05) is 22.3 Å². The fourth-order valence-electron chi connectivity index (χ4n) is 1.43. The van der Waals surface area contributed by atoms with E-state index in [9.17, 15) is 14.7 Å². The Kier molecular flexibility index (Phi) is 4.31. The van der Waals surface area contributed by atoms with E-state index in [1.165, 1.54) is 18.2 Å². The molecule has 0 aliphatic carbocycles. The van der Waals surface area contributed by atoms with E-state index in [4.69, 9.17) is 23.2 Å². The Balaban J connectivity index is 2.42. The molecule has 0 N–H and O–H groups in total. The number of nitro benzene ring substituents is 1. The summed E-state index contributed by atoms with van der Waals surface area (Å²) in [6, 6.07) is 10.2. The van der Waals surface area contributed by atoms with Crippen LogP contribution >= 0.6 is 23.2 Å². The molecule has 0 bridgehead atoms. The molecule has 0 heterocycles. The topological polar surface area (TPSA) is 66.2 Å². The SMILES string of the molecule is O=[N+]([O-])c1ccc(Cl)c([S+]([O-])c2ccc(Cl)cc2)c1.